The lowest BCUT2D eigenvalue weighted by Gasteiger charge is -2.07. The molecule has 0 bridgehead atoms. The molecular weight excluding hydrogens is 256 g/mol. The minimum atomic E-state index is 0.331. The molecule has 0 atom stereocenters. The Morgan fingerprint density at radius 1 is 1.11 bits per heavy atom. The summed E-state index contributed by atoms with van der Waals surface area (Å²) in [7, 11) is 1.92. The highest BCUT2D eigenvalue weighted by atomic mass is 32.2. The second-order valence-electron chi connectivity index (χ2n) is 4.40. The highest BCUT2D eigenvalue weighted by molar-refractivity contribution is 7.98. The van der Waals surface area contributed by atoms with Crippen molar-refractivity contribution in [2.45, 2.75) is 10.6 Å². The van der Waals surface area contributed by atoms with Gasteiger partial charge in [0.05, 0.1) is 5.69 Å². The molecule has 96 valence electrons. The summed E-state index contributed by atoms with van der Waals surface area (Å²) in [4.78, 5) is 1.17. The number of fused-ring (bicyclic) bond motifs is 1. The van der Waals surface area contributed by atoms with Gasteiger partial charge < -0.3 is 5.11 Å². The van der Waals surface area contributed by atoms with Gasteiger partial charge in [-0.3, -0.25) is 4.68 Å². The molecule has 0 saturated carbocycles. The quantitative estimate of drug-likeness (QED) is 0.739. The van der Waals surface area contributed by atoms with Gasteiger partial charge in [0.25, 0.3) is 0 Å². The molecule has 0 saturated heterocycles. The van der Waals surface area contributed by atoms with Crippen molar-refractivity contribution in [2.24, 2.45) is 7.05 Å². The molecule has 3 aromatic rings. The lowest BCUT2D eigenvalue weighted by atomic mass is 10.1. The molecule has 0 aliphatic rings. The van der Waals surface area contributed by atoms with E-state index in [1.165, 1.54) is 4.90 Å². The molecule has 0 amide bonds. The maximum absolute atomic E-state index is 9.86. The number of phenols is 1. The second-order valence-corrected chi connectivity index (χ2v) is 5.42. The number of benzene rings is 2. The zero-order chi connectivity index (χ0) is 13.2. The Labute approximate surface area is 115 Å². The smallest absolute Gasteiger partial charge is 0.123 e. The molecule has 1 aromatic heterocycles. The van der Waals surface area contributed by atoms with Crippen LogP contribution in [0.5, 0.6) is 5.75 Å². The third-order valence-electron chi connectivity index (χ3n) is 3.01. The lowest BCUT2D eigenvalue weighted by molar-refractivity contribution is 0.481. The fraction of sp³-hybridized carbons (Fsp3) is 0.133. The Morgan fingerprint density at radius 3 is 2.63 bits per heavy atom. The van der Waals surface area contributed by atoms with Gasteiger partial charge in [-0.2, -0.15) is 5.10 Å². The predicted octanol–water partition coefficient (Wildman–Crippen LogP) is 3.57. The molecule has 0 unspecified atom stereocenters. The summed E-state index contributed by atoms with van der Waals surface area (Å²) in [5, 5.41) is 16.2. The van der Waals surface area contributed by atoms with E-state index in [1.807, 2.05) is 54.3 Å². The largest absolute Gasteiger partial charge is 0.507 e. The molecule has 3 nitrogen and oxygen atoms in total. The van der Waals surface area contributed by atoms with Crippen molar-refractivity contribution in [1.29, 1.82) is 0 Å². The number of thioether (sulfide) groups is 1. The zero-order valence-corrected chi connectivity index (χ0v) is 11.4. The van der Waals surface area contributed by atoms with E-state index in [0.717, 1.165) is 22.2 Å². The van der Waals surface area contributed by atoms with Crippen molar-refractivity contribution >= 4 is 22.5 Å². The monoisotopic (exact) mass is 270 g/mol. The zero-order valence-electron chi connectivity index (χ0n) is 10.6. The SMILES string of the molecule is Cn1ccc(CSc2ccc(O)c3ccccc23)n1. The van der Waals surface area contributed by atoms with Crippen LogP contribution < -0.4 is 0 Å². The van der Waals surface area contributed by atoms with Crippen LogP contribution in [0, 0.1) is 0 Å². The minimum Gasteiger partial charge on any atom is -0.507 e. The average molecular weight is 270 g/mol. The van der Waals surface area contributed by atoms with E-state index in [0.29, 0.717) is 5.75 Å². The molecule has 2 aromatic carbocycles. The van der Waals surface area contributed by atoms with Crippen molar-refractivity contribution in [3.8, 4) is 5.75 Å². The molecule has 19 heavy (non-hydrogen) atoms. The van der Waals surface area contributed by atoms with E-state index in [1.54, 1.807) is 17.8 Å². The van der Waals surface area contributed by atoms with Gasteiger partial charge in [0, 0.05) is 29.3 Å². The number of phenolic OH excluding ortho intramolecular Hbond substituents is 1. The Hall–Kier alpha value is -1.94. The minimum absolute atomic E-state index is 0.331. The van der Waals surface area contributed by atoms with Crippen LogP contribution in [0.1, 0.15) is 5.69 Å². The number of hydrogen-bond donors (Lipinski definition) is 1. The number of aryl methyl sites for hydroxylation is 1. The van der Waals surface area contributed by atoms with Crippen molar-refractivity contribution in [3.63, 3.8) is 0 Å². The Balaban J connectivity index is 1.91. The summed E-state index contributed by atoms with van der Waals surface area (Å²) >= 11 is 1.74. The van der Waals surface area contributed by atoms with Gasteiger partial charge in [0.15, 0.2) is 0 Å². The Bertz CT molecular complexity index is 721. The van der Waals surface area contributed by atoms with Crippen molar-refractivity contribution in [1.82, 2.24) is 9.78 Å². The van der Waals surface area contributed by atoms with Crippen molar-refractivity contribution < 1.29 is 5.11 Å². The van der Waals surface area contributed by atoms with E-state index in [4.69, 9.17) is 0 Å². The van der Waals surface area contributed by atoms with E-state index < -0.39 is 0 Å². The summed E-state index contributed by atoms with van der Waals surface area (Å²) in [5.74, 6) is 1.16. The van der Waals surface area contributed by atoms with Crippen LogP contribution in [-0.2, 0) is 12.8 Å². The third kappa shape index (κ3) is 2.44. The maximum Gasteiger partial charge on any atom is 0.123 e. The standard InChI is InChI=1S/C15H14N2OS/c1-17-9-8-11(16-17)10-19-15-7-6-14(18)12-4-2-3-5-13(12)15/h2-9,18H,10H2,1H3. The molecule has 0 fully saturated rings. The van der Waals surface area contributed by atoms with Crippen LogP contribution in [0.4, 0.5) is 0 Å². The summed E-state index contributed by atoms with van der Waals surface area (Å²) in [6, 6.07) is 13.6. The van der Waals surface area contributed by atoms with Crippen LogP contribution in [0.3, 0.4) is 0 Å². The lowest BCUT2D eigenvalue weighted by Crippen LogP contribution is -1.89. The summed E-state index contributed by atoms with van der Waals surface area (Å²) in [6.07, 6.45) is 1.95. The van der Waals surface area contributed by atoms with Crippen molar-refractivity contribution in [2.75, 3.05) is 0 Å². The topological polar surface area (TPSA) is 38.0 Å². The normalized spacial score (nSPS) is 11.0. The van der Waals surface area contributed by atoms with Gasteiger partial charge in [-0.05, 0) is 23.6 Å². The number of aromatic nitrogens is 2. The van der Waals surface area contributed by atoms with E-state index in [2.05, 4.69) is 5.10 Å². The summed E-state index contributed by atoms with van der Waals surface area (Å²) in [5.41, 5.74) is 1.06. The highest BCUT2D eigenvalue weighted by Gasteiger charge is 2.06. The number of rotatable bonds is 3. The Kier molecular flexibility index (Phi) is 3.17. The molecular formula is C15H14N2OS. The molecule has 0 aliphatic carbocycles. The van der Waals surface area contributed by atoms with Gasteiger partial charge in [0.1, 0.15) is 5.75 Å². The number of hydrogen-bond acceptors (Lipinski definition) is 3. The molecule has 0 radical (unpaired) electrons. The van der Waals surface area contributed by atoms with Gasteiger partial charge in [-0.25, -0.2) is 0 Å². The molecule has 0 aliphatic heterocycles. The fourth-order valence-corrected chi connectivity index (χ4v) is 3.03. The van der Waals surface area contributed by atoms with Crippen molar-refractivity contribution in [3.05, 3.63) is 54.4 Å². The first-order chi connectivity index (χ1) is 9.24. The van der Waals surface area contributed by atoms with Crippen LogP contribution in [-0.4, -0.2) is 14.9 Å². The van der Waals surface area contributed by atoms with Gasteiger partial charge in [-0.15, -0.1) is 11.8 Å². The fourth-order valence-electron chi connectivity index (χ4n) is 2.07. The molecule has 3 rings (SSSR count). The average Bonchev–Trinajstić information content (AvgIpc) is 2.84. The van der Waals surface area contributed by atoms with E-state index in [9.17, 15) is 5.11 Å². The summed E-state index contributed by atoms with van der Waals surface area (Å²) < 4.78 is 1.81. The van der Waals surface area contributed by atoms with Gasteiger partial charge in [-0.1, -0.05) is 24.3 Å². The third-order valence-corrected chi connectivity index (χ3v) is 4.11. The van der Waals surface area contributed by atoms with Gasteiger partial charge in [0.2, 0.25) is 0 Å². The number of aromatic hydroxyl groups is 1. The maximum atomic E-state index is 9.86. The van der Waals surface area contributed by atoms with Crippen LogP contribution in [0.2, 0.25) is 0 Å². The first-order valence-electron chi connectivity index (χ1n) is 6.06. The molecule has 4 heteroatoms. The first kappa shape index (κ1) is 12.1. The second kappa shape index (κ2) is 4.97. The van der Waals surface area contributed by atoms with Gasteiger partial charge >= 0.3 is 0 Å². The van der Waals surface area contributed by atoms with Crippen LogP contribution in [0.25, 0.3) is 10.8 Å². The number of nitrogens with zero attached hydrogens (tertiary/aromatic N) is 2. The molecule has 1 N–H and O–H groups in total. The van der Waals surface area contributed by atoms with Crippen LogP contribution in [0.15, 0.2) is 53.6 Å². The molecule has 1 heterocycles. The van der Waals surface area contributed by atoms with E-state index in [-0.39, 0.29) is 0 Å². The Morgan fingerprint density at radius 2 is 1.89 bits per heavy atom. The highest BCUT2D eigenvalue weighted by Crippen LogP contribution is 2.34. The van der Waals surface area contributed by atoms with Crippen LogP contribution >= 0.6 is 11.8 Å². The molecule has 0 spiro atoms. The van der Waals surface area contributed by atoms with E-state index >= 15 is 0 Å². The first-order valence-corrected chi connectivity index (χ1v) is 7.04. The summed E-state index contributed by atoms with van der Waals surface area (Å²) in [6.45, 7) is 0. The predicted molar refractivity (Wildman–Crippen MR) is 78.4 cm³/mol.